The number of hydrogen-bond donors (Lipinski definition) is 1. The maximum Gasteiger partial charge on any atom is 0.335 e. The summed E-state index contributed by atoms with van der Waals surface area (Å²) >= 11 is 5.85. The van der Waals surface area contributed by atoms with Crippen LogP contribution in [-0.4, -0.2) is 62.9 Å². The first-order valence-corrected chi connectivity index (χ1v) is 15.0. The highest BCUT2D eigenvalue weighted by molar-refractivity contribution is 6.30. The van der Waals surface area contributed by atoms with Crippen molar-refractivity contribution in [2.75, 3.05) is 26.3 Å². The summed E-state index contributed by atoms with van der Waals surface area (Å²) in [5.74, 6) is 0.692. The number of carbonyl (C=O) groups is 1. The van der Waals surface area contributed by atoms with Gasteiger partial charge < -0.3 is 23.9 Å². The maximum absolute atomic E-state index is 14.2. The Morgan fingerprint density at radius 2 is 1.93 bits per heavy atom. The van der Waals surface area contributed by atoms with Crippen LogP contribution in [-0.2, 0) is 24.4 Å². The topological polar surface area (TPSA) is 98.9 Å². The van der Waals surface area contributed by atoms with Crippen LogP contribution in [0, 0.1) is 5.82 Å². The molecule has 1 N–H and O–H groups in total. The van der Waals surface area contributed by atoms with Crippen LogP contribution < -0.4 is 9.47 Å². The van der Waals surface area contributed by atoms with Gasteiger partial charge in [0.1, 0.15) is 29.5 Å². The lowest BCUT2D eigenvalue weighted by molar-refractivity contribution is -0.0592. The summed E-state index contributed by atoms with van der Waals surface area (Å²) < 4.78 is 33.6. The van der Waals surface area contributed by atoms with Crippen molar-refractivity contribution in [1.29, 1.82) is 0 Å². The Morgan fingerprint density at radius 1 is 1.12 bits per heavy atom. The quantitative estimate of drug-likeness (QED) is 0.219. The summed E-state index contributed by atoms with van der Waals surface area (Å²) in [6.07, 6.45) is 2.89. The number of imidazole rings is 1. The lowest BCUT2D eigenvalue weighted by Gasteiger charge is -2.32. The van der Waals surface area contributed by atoms with Gasteiger partial charge in [-0.15, -0.1) is 0 Å². The molecule has 1 atom stereocenters. The Morgan fingerprint density at radius 3 is 2.63 bits per heavy atom. The number of piperidine rings is 1. The van der Waals surface area contributed by atoms with Crippen LogP contribution in [0.25, 0.3) is 11.0 Å². The van der Waals surface area contributed by atoms with Gasteiger partial charge in [0.05, 0.1) is 36.9 Å². The van der Waals surface area contributed by atoms with Crippen LogP contribution >= 0.6 is 11.6 Å². The average molecular weight is 609 g/mol. The second kappa shape index (κ2) is 12.9. The first-order chi connectivity index (χ1) is 20.9. The van der Waals surface area contributed by atoms with E-state index >= 15 is 0 Å². The van der Waals surface area contributed by atoms with Crippen LogP contribution in [0.5, 0.6) is 11.6 Å². The molecule has 0 saturated carbocycles. The molecule has 4 heterocycles. The zero-order valence-corrected chi connectivity index (χ0v) is 24.7. The highest BCUT2D eigenvalue weighted by Crippen LogP contribution is 2.32. The Hall–Kier alpha value is -3.73. The van der Waals surface area contributed by atoms with Crippen LogP contribution in [0.15, 0.2) is 48.5 Å². The molecule has 0 aliphatic carbocycles. The zero-order chi connectivity index (χ0) is 29.9. The molecule has 4 aromatic rings. The number of rotatable bonds is 11. The van der Waals surface area contributed by atoms with Gasteiger partial charge in [0.2, 0.25) is 5.88 Å². The van der Waals surface area contributed by atoms with Gasteiger partial charge in [-0.05, 0) is 69.6 Å². The van der Waals surface area contributed by atoms with E-state index in [0.29, 0.717) is 47.4 Å². The predicted octanol–water partition coefficient (Wildman–Crippen LogP) is 6.07. The average Bonchev–Trinajstić information content (AvgIpc) is 3.32. The largest absolute Gasteiger partial charge is 0.492 e. The number of aromatic carboxylic acids is 1. The van der Waals surface area contributed by atoms with Crippen molar-refractivity contribution in [3.05, 3.63) is 82.0 Å². The first-order valence-electron chi connectivity index (χ1n) is 14.6. The van der Waals surface area contributed by atoms with E-state index in [9.17, 15) is 14.3 Å². The van der Waals surface area contributed by atoms with Crippen molar-refractivity contribution < 1.29 is 28.5 Å². The van der Waals surface area contributed by atoms with E-state index in [4.69, 9.17) is 35.8 Å². The zero-order valence-electron chi connectivity index (χ0n) is 24.0. The summed E-state index contributed by atoms with van der Waals surface area (Å²) in [5, 5.41) is 10.1. The number of carboxylic acid groups (broad SMARTS) is 1. The summed E-state index contributed by atoms with van der Waals surface area (Å²) in [7, 11) is 0. The van der Waals surface area contributed by atoms with Crippen molar-refractivity contribution >= 4 is 28.6 Å². The molecule has 2 saturated heterocycles. The fourth-order valence-electron chi connectivity index (χ4n) is 5.70. The number of halogens is 2. The van der Waals surface area contributed by atoms with Crippen LogP contribution in [0.3, 0.4) is 0 Å². The highest BCUT2D eigenvalue weighted by Gasteiger charge is 2.27. The number of ether oxygens (including phenoxy) is 3. The van der Waals surface area contributed by atoms with E-state index in [-0.39, 0.29) is 24.2 Å². The number of hydrogen-bond acceptors (Lipinski definition) is 7. The molecule has 43 heavy (non-hydrogen) atoms. The van der Waals surface area contributed by atoms with E-state index in [1.165, 1.54) is 6.07 Å². The van der Waals surface area contributed by atoms with Crippen LogP contribution in [0.4, 0.5) is 4.39 Å². The van der Waals surface area contributed by atoms with Crippen molar-refractivity contribution in [2.24, 2.45) is 0 Å². The molecule has 226 valence electrons. The minimum absolute atomic E-state index is 0.0732. The minimum Gasteiger partial charge on any atom is -0.492 e. The number of likely N-dealkylation sites (tertiary alicyclic amines) is 1. The standard InChI is InChI=1S/C32H34ClFN4O5/c1-2-41-28-15-22(32(39)40)14-27-31(28)36-29(38(27)17-24-10-13-42-24)18-37-11-8-20(9-12-37)26-4-3-5-30(35-26)43-19-21-6-7-23(33)16-25(21)34/h3-7,14-16,20,24H,2,8-13,17-19H2,1H3,(H,39,40). The molecule has 0 bridgehead atoms. The normalized spacial score (nSPS) is 17.6. The maximum atomic E-state index is 14.2. The summed E-state index contributed by atoms with van der Waals surface area (Å²) in [5.41, 5.74) is 2.99. The summed E-state index contributed by atoms with van der Waals surface area (Å²) in [4.78, 5) is 23.9. The van der Waals surface area contributed by atoms with Crippen molar-refractivity contribution in [1.82, 2.24) is 19.4 Å². The second-order valence-electron chi connectivity index (χ2n) is 11.0. The molecule has 2 aliphatic rings. The third-order valence-electron chi connectivity index (χ3n) is 8.13. The predicted molar refractivity (Wildman–Crippen MR) is 159 cm³/mol. The summed E-state index contributed by atoms with van der Waals surface area (Å²) in [6.45, 7) is 6.06. The molecule has 9 nitrogen and oxygen atoms in total. The number of nitrogens with zero attached hydrogens (tertiary/aromatic N) is 4. The molecular weight excluding hydrogens is 575 g/mol. The van der Waals surface area contributed by atoms with E-state index in [2.05, 4.69) is 9.47 Å². The second-order valence-corrected chi connectivity index (χ2v) is 11.4. The molecule has 0 radical (unpaired) electrons. The van der Waals surface area contributed by atoms with Crippen molar-refractivity contribution in [3.8, 4) is 11.6 Å². The monoisotopic (exact) mass is 608 g/mol. The van der Waals surface area contributed by atoms with Gasteiger partial charge in [0.25, 0.3) is 0 Å². The molecule has 0 spiro atoms. The molecule has 2 aromatic heterocycles. The van der Waals surface area contributed by atoms with Gasteiger partial charge in [-0.1, -0.05) is 23.7 Å². The SMILES string of the molecule is CCOc1cc(C(=O)O)cc2c1nc(CN1CCC(c3cccc(OCc4ccc(Cl)cc4F)n3)CC1)n2CC1CCO1. The minimum atomic E-state index is -1.00. The fraction of sp³-hybridized carbons (Fsp3) is 0.406. The molecule has 2 aliphatic heterocycles. The van der Waals surface area contributed by atoms with E-state index in [1.54, 1.807) is 30.3 Å². The molecule has 1 unspecified atom stereocenters. The Labute approximate surface area is 254 Å². The molecule has 6 rings (SSSR count). The van der Waals surface area contributed by atoms with E-state index in [0.717, 1.165) is 56.0 Å². The number of fused-ring (bicyclic) bond motifs is 1. The van der Waals surface area contributed by atoms with Crippen LogP contribution in [0.1, 0.15) is 59.5 Å². The van der Waals surface area contributed by atoms with Gasteiger partial charge >= 0.3 is 5.97 Å². The Kier molecular flexibility index (Phi) is 8.78. The molecule has 0 amide bonds. The molecule has 2 aromatic carbocycles. The molecular formula is C32H34ClFN4O5. The number of pyridine rings is 1. The van der Waals surface area contributed by atoms with Gasteiger partial charge in [0.15, 0.2) is 0 Å². The summed E-state index contributed by atoms with van der Waals surface area (Å²) in [6, 6.07) is 13.5. The third kappa shape index (κ3) is 6.61. The first kappa shape index (κ1) is 29.3. The number of benzene rings is 2. The fourth-order valence-corrected chi connectivity index (χ4v) is 5.86. The van der Waals surface area contributed by atoms with Crippen molar-refractivity contribution in [2.45, 2.75) is 57.9 Å². The molecule has 11 heteroatoms. The smallest absolute Gasteiger partial charge is 0.335 e. The van der Waals surface area contributed by atoms with E-state index in [1.807, 2.05) is 19.1 Å². The lowest BCUT2D eigenvalue weighted by atomic mass is 9.93. The van der Waals surface area contributed by atoms with Gasteiger partial charge in [0, 0.05) is 34.9 Å². The highest BCUT2D eigenvalue weighted by atomic mass is 35.5. The van der Waals surface area contributed by atoms with Crippen LogP contribution in [0.2, 0.25) is 5.02 Å². The van der Waals surface area contributed by atoms with Gasteiger partial charge in [-0.25, -0.2) is 19.2 Å². The van der Waals surface area contributed by atoms with E-state index < -0.39 is 11.8 Å². The van der Waals surface area contributed by atoms with Gasteiger partial charge in [-0.2, -0.15) is 0 Å². The number of aromatic nitrogens is 3. The Bertz CT molecular complexity index is 1620. The van der Waals surface area contributed by atoms with Gasteiger partial charge in [-0.3, -0.25) is 4.90 Å². The third-order valence-corrected chi connectivity index (χ3v) is 8.37. The number of carboxylic acids is 1. The van der Waals surface area contributed by atoms with Crippen molar-refractivity contribution in [3.63, 3.8) is 0 Å². The Balaban J connectivity index is 1.15. The molecule has 2 fully saturated rings. The lowest BCUT2D eigenvalue weighted by Crippen LogP contribution is -2.35.